The summed E-state index contributed by atoms with van der Waals surface area (Å²) < 4.78 is 0. The first-order valence-electron chi connectivity index (χ1n) is 6.52. The highest BCUT2D eigenvalue weighted by atomic mass is 15.2. The normalized spacial score (nSPS) is 25.8. The first kappa shape index (κ1) is 13.0. The molecule has 0 aromatic carbocycles. The third-order valence-electron chi connectivity index (χ3n) is 3.48. The highest BCUT2D eigenvalue weighted by Crippen LogP contribution is 2.20. The summed E-state index contributed by atoms with van der Waals surface area (Å²) in [5.41, 5.74) is 0. The molecule has 0 saturated carbocycles. The number of likely N-dealkylation sites (tertiary alicyclic amines) is 1. The molecular weight excluding hydrogens is 184 g/mol. The first-order chi connectivity index (χ1) is 7.13. The summed E-state index contributed by atoms with van der Waals surface area (Å²) in [4.78, 5) is 2.69. The van der Waals surface area contributed by atoms with Crippen LogP contribution in [0.3, 0.4) is 0 Å². The Morgan fingerprint density at radius 1 is 1.33 bits per heavy atom. The molecule has 1 N–H and O–H groups in total. The molecule has 1 heterocycles. The Bertz CT molecular complexity index is 166. The number of nitrogens with zero attached hydrogens (tertiary/aromatic N) is 1. The lowest BCUT2D eigenvalue weighted by Gasteiger charge is -2.37. The van der Waals surface area contributed by atoms with Crippen molar-refractivity contribution in [2.75, 3.05) is 26.7 Å². The average molecular weight is 212 g/mol. The van der Waals surface area contributed by atoms with Gasteiger partial charge < -0.3 is 10.2 Å². The van der Waals surface area contributed by atoms with Crippen LogP contribution >= 0.6 is 0 Å². The molecular formula is C13H28N2. The van der Waals surface area contributed by atoms with Gasteiger partial charge in [-0.05, 0) is 58.2 Å². The second kappa shape index (κ2) is 6.49. The highest BCUT2D eigenvalue weighted by molar-refractivity contribution is 4.78. The zero-order valence-electron chi connectivity index (χ0n) is 10.9. The van der Waals surface area contributed by atoms with Gasteiger partial charge in [0, 0.05) is 12.6 Å². The van der Waals surface area contributed by atoms with Crippen molar-refractivity contribution in [3.63, 3.8) is 0 Å². The van der Waals surface area contributed by atoms with Gasteiger partial charge in [-0.1, -0.05) is 13.8 Å². The molecule has 0 bridgehead atoms. The second-order valence-corrected chi connectivity index (χ2v) is 5.54. The Morgan fingerprint density at radius 3 is 2.67 bits per heavy atom. The van der Waals surface area contributed by atoms with Crippen LogP contribution in [0, 0.1) is 11.8 Å². The molecule has 1 aliphatic rings. The van der Waals surface area contributed by atoms with Crippen molar-refractivity contribution in [1.29, 1.82) is 0 Å². The fourth-order valence-electron chi connectivity index (χ4n) is 2.78. The van der Waals surface area contributed by atoms with Gasteiger partial charge in [-0.3, -0.25) is 0 Å². The van der Waals surface area contributed by atoms with Crippen LogP contribution in [0.5, 0.6) is 0 Å². The third-order valence-corrected chi connectivity index (χ3v) is 3.48. The van der Waals surface area contributed by atoms with Crippen molar-refractivity contribution in [2.45, 2.75) is 46.1 Å². The Balaban J connectivity index is 2.34. The van der Waals surface area contributed by atoms with Gasteiger partial charge in [-0.25, -0.2) is 0 Å². The number of hydrogen-bond donors (Lipinski definition) is 1. The molecule has 90 valence electrons. The molecule has 1 aliphatic heterocycles. The van der Waals surface area contributed by atoms with E-state index in [1.807, 2.05) is 0 Å². The third kappa shape index (κ3) is 4.52. The minimum atomic E-state index is 0.768. The number of rotatable bonds is 5. The lowest BCUT2D eigenvalue weighted by Crippen LogP contribution is -2.44. The van der Waals surface area contributed by atoms with Crippen LogP contribution in [0.15, 0.2) is 0 Å². The molecule has 0 aromatic heterocycles. The molecule has 1 rings (SSSR count). The molecule has 15 heavy (non-hydrogen) atoms. The van der Waals surface area contributed by atoms with Crippen LogP contribution in [0.25, 0.3) is 0 Å². The van der Waals surface area contributed by atoms with E-state index in [0.717, 1.165) is 17.9 Å². The smallest absolute Gasteiger partial charge is 0.00694 e. The van der Waals surface area contributed by atoms with Gasteiger partial charge >= 0.3 is 0 Å². The molecule has 2 atom stereocenters. The van der Waals surface area contributed by atoms with E-state index < -0.39 is 0 Å². The van der Waals surface area contributed by atoms with Gasteiger partial charge in [0.2, 0.25) is 0 Å². The quantitative estimate of drug-likeness (QED) is 0.752. The van der Waals surface area contributed by atoms with Crippen LogP contribution in [-0.4, -0.2) is 37.6 Å². The molecule has 1 saturated heterocycles. The zero-order chi connectivity index (χ0) is 11.3. The van der Waals surface area contributed by atoms with E-state index in [2.05, 4.69) is 38.0 Å². The van der Waals surface area contributed by atoms with Gasteiger partial charge in [-0.15, -0.1) is 0 Å². The topological polar surface area (TPSA) is 15.3 Å². The van der Waals surface area contributed by atoms with Gasteiger partial charge in [-0.2, -0.15) is 0 Å². The van der Waals surface area contributed by atoms with Gasteiger partial charge in [0.1, 0.15) is 0 Å². The average Bonchev–Trinajstić information content (AvgIpc) is 2.17. The van der Waals surface area contributed by atoms with Gasteiger partial charge in [0.15, 0.2) is 0 Å². The maximum Gasteiger partial charge on any atom is 0.00694 e. The van der Waals surface area contributed by atoms with Crippen LogP contribution in [0.4, 0.5) is 0 Å². The van der Waals surface area contributed by atoms with Crippen molar-refractivity contribution >= 4 is 0 Å². The molecule has 2 heteroatoms. The molecule has 0 aromatic rings. The SMILES string of the molecule is CNCC1CCCN(C(C)CC(C)C)C1. The lowest BCUT2D eigenvalue weighted by molar-refractivity contribution is 0.118. The zero-order valence-corrected chi connectivity index (χ0v) is 10.9. The molecule has 0 radical (unpaired) electrons. The Kier molecular flexibility index (Phi) is 5.62. The Morgan fingerprint density at radius 2 is 2.07 bits per heavy atom. The number of piperidine rings is 1. The lowest BCUT2D eigenvalue weighted by atomic mass is 9.95. The second-order valence-electron chi connectivity index (χ2n) is 5.54. The van der Waals surface area contributed by atoms with Gasteiger partial charge in [0.25, 0.3) is 0 Å². The van der Waals surface area contributed by atoms with Crippen LogP contribution in [0.2, 0.25) is 0 Å². The van der Waals surface area contributed by atoms with Crippen LogP contribution in [-0.2, 0) is 0 Å². The fraction of sp³-hybridized carbons (Fsp3) is 1.00. The van der Waals surface area contributed by atoms with E-state index in [1.165, 1.54) is 38.9 Å². The van der Waals surface area contributed by atoms with E-state index in [0.29, 0.717) is 0 Å². The van der Waals surface area contributed by atoms with Crippen molar-refractivity contribution < 1.29 is 0 Å². The molecule has 0 amide bonds. The minimum absolute atomic E-state index is 0.768. The predicted octanol–water partition coefficient (Wildman–Crippen LogP) is 2.35. The van der Waals surface area contributed by atoms with E-state index in [1.54, 1.807) is 0 Å². The van der Waals surface area contributed by atoms with Crippen molar-refractivity contribution in [2.24, 2.45) is 11.8 Å². The Labute approximate surface area is 95.4 Å². The number of nitrogens with one attached hydrogen (secondary N) is 1. The number of hydrogen-bond acceptors (Lipinski definition) is 2. The summed E-state index contributed by atoms with van der Waals surface area (Å²) in [5, 5.41) is 3.31. The molecule has 1 fully saturated rings. The maximum absolute atomic E-state index is 3.31. The summed E-state index contributed by atoms with van der Waals surface area (Å²) in [7, 11) is 2.07. The van der Waals surface area contributed by atoms with Crippen LogP contribution < -0.4 is 5.32 Å². The minimum Gasteiger partial charge on any atom is -0.319 e. The molecule has 2 unspecified atom stereocenters. The summed E-state index contributed by atoms with van der Waals surface area (Å²) in [5.74, 6) is 1.70. The standard InChI is InChI=1S/C13H28N2/c1-11(2)8-12(3)15-7-5-6-13(10-15)9-14-4/h11-14H,5-10H2,1-4H3. The maximum atomic E-state index is 3.31. The van der Waals surface area contributed by atoms with E-state index in [-0.39, 0.29) is 0 Å². The molecule has 2 nitrogen and oxygen atoms in total. The van der Waals surface area contributed by atoms with E-state index in [4.69, 9.17) is 0 Å². The molecule has 0 spiro atoms. The van der Waals surface area contributed by atoms with Crippen LogP contribution in [0.1, 0.15) is 40.0 Å². The summed E-state index contributed by atoms with van der Waals surface area (Å²) in [6, 6.07) is 0.768. The highest BCUT2D eigenvalue weighted by Gasteiger charge is 2.23. The first-order valence-corrected chi connectivity index (χ1v) is 6.52. The Hall–Kier alpha value is -0.0800. The summed E-state index contributed by atoms with van der Waals surface area (Å²) >= 11 is 0. The van der Waals surface area contributed by atoms with Crippen molar-refractivity contribution in [3.8, 4) is 0 Å². The predicted molar refractivity (Wildman–Crippen MR) is 67.1 cm³/mol. The fourth-order valence-corrected chi connectivity index (χ4v) is 2.78. The van der Waals surface area contributed by atoms with E-state index >= 15 is 0 Å². The van der Waals surface area contributed by atoms with Gasteiger partial charge in [0.05, 0.1) is 0 Å². The van der Waals surface area contributed by atoms with Crippen molar-refractivity contribution in [1.82, 2.24) is 10.2 Å². The summed E-state index contributed by atoms with van der Waals surface area (Å²) in [6.45, 7) is 10.8. The largest absolute Gasteiger partial charge is 0.319 e. The summed E-state index contributed by atoms with van der Waals surface area (Å²) in [6.07, 6.45) is 4.13. The molecule has 0 aliphatic carbocycles. The monoisotopic (exact) mass is 212 g/mol. The van der Waals surface area contributed by atoms with Crippen molar-refractivity contribution in [3.05, 3.63) is 0 Å². The van der Waals surface area contributed by atoms with E-state index in [9.17, 15) is 0 Å².